The fourth-order valence-electron chi connectivity index (χ4n) is 2.86. The van der Waals surface area contributed by atoms with Gasteiger partial charge < -0.3 is 4.90 Å². The Labute approximate surface area is 98.2 Å². The number of nitrogens with zero attached hydrogens (tertiary/aromatic N) is 3. The Morgan fingerprint density at radius 3 is 2.31 bits per heavy atom. The molecule has 2 aliphatic rings. The summed E-state index contributed by atoms with van der Waals surface area (Å²) in [6.45, 7) is 3.22. The number of hydrogen-bond acceptors (Lipinski definition) is 3. The van der Waals surface area contributed by atoms with Gasteiger partial charge in [-0.2, -0.15) is 0 Å². The van der Waals surface area contributed by atoms with E-state index in [1.165, 1.54) is 12.8 Å². The van der Waals surface area contributed by atoms with E-state index in [4.69, 9.17) is 0 Å². The van der Waals surface area contributed by atoms with E-state index in [9.17, 15) is 4.79 Å². The van der Waals surface area contributed by atoms with Gasteiger partial charge in [0, 0.05) is 52.2 Å². The molecule has 0 spiro atoms. The topological polar surface area (TPSA) is 26.8 Å². The summed E-state index contributed by atoms with van der Waals surface area (Å²) in [7, 11) is 5.90. The Morgan fingerprint density at radius 2 is 1.81 bits per heavy atom. The van der Waals surface area contributed by atoms with Crippen LogP contribution >= 0.6 is 0 Å². The van der Waals surface area contributed by atoms with Crippen LogP contribution in [0.5, 0.6) is 0 Å². The van der Waals surface area contributed by atoms with Crippen LogP contribution in [0.3, 0.4) is 0 Å². The standard InChI is InChI=1S/C12H23N3O/c1-13(2)12(16)6-7-15-8-10-4-5-11(9-15)14(10)3/h10-11H,4-9H2,1-3H3. The van der Waals surface area contributed by atoms with Crippen molar-refractivity contribution in [2.45, 2.75) is 31.3 Å². The zero-order valence-electron chi connectivity index (χ0n) is 10.6. The third-order valence-corrected chi connectivity index (χ3v) is 4.06. The summed E-state index contributed by atoms with van der Waals surface area (Å²) in [4.78, 5) is 18.2. The van der Waals surface area contributed by atoms with Crippen LogP contribution < -0.4 is 0 Å². The Balaban J connectivity index is 1.78. The van der Waals surface area contributed by atoms with Gasteiger partial charge in [0.2, 0.25) is 5.91 Å². The van der Waals surface area contributed by atoms with E-state index in [0.717, 1.165) is 31.7 Å². The Bertz CT molecular complexity index is 253. The Kier molecular flexibility index (Phi) is 3.50. The maximum absolute atomic E-state index is 11.5. The van der Waals surface area contributed by atoms with Gasteiger partial charge in [-0.25, -0.2) is 0 Å². The molecule has 2 fully saturated rings. The van der Waals surface area contributed by atoms with Crippen molar-refractivity contribution < 1.29 is 4.79 Å². The van der Waals surface area contributed by atoms with Crippen LogP contribution in [0.25, 0.3) is 0 Å². The normalized spacial score (nSPS) is 30.7. The number of piperazine rings is 1. The summed E-state index contributed by atoms with van der Waals surface area (Å²) in [6, 6.07) is 1.46. The van der Waals surface area contributed by atoms with Crippen molar-refractivity contribution in [3.8, 4) is 0 Å². The summed E-state index contributed by atoms with van der Waals surface area (Å²) >= 11 is 0. The van der Waals surface area contributed by atoms with Crippen LogP contribution in [0.2, 0.25) is 0 Å². The van der Waals surface area contributed by atoms with E-state index in [0.29, 0.717) is 6.42 Å². The summed E-state index contributed by atoms with van der Waals surface area (Å²) in [5, 5.41) is 0. The first-order valence-electron chi connectivity index (χ1n) is 6.22. The predicted molar refractivity (Wildman–Crippen MR) is 64.3 cm³/mol. The van der Waals surface area contributed by atoms with E-state index in [1.54, 1.807) is 4.90 Å². The minimum absolute atomic E-state index is 0.242. The van der Waals surface area contributed by atoms with Crippen molar-refractivity contribution in [3.05, 3.63) is 0 Å². The number of carbonyl (C=O) groups is 1. The number of amides is 1. The third-order valence-electron chi connectivity index (χ3n) is 4.06. The first-order valence-corrected chi connectivity index (χ1v) is 6.22. The second kappa shape index (κ2) is 4.72. The third kappa shape index (κ3) is 2.38. The van der Waals surface area contributed by atoms with Crippen LogP contribution in [0.1, 0.15) is 19.3 Å². The molecule has 0 radical (unpaired) electrons. The minimum Gasteiger partial charge on any atom is -0.349 e. The molecule has 1 amide bonds. The molecule has 2 atom stereocenters. The number of hydrogen-bond donors (Lipinski definition) is 0. The van der Waals surface area contributed by atoms with Crippen molar-refractivity contribution >= 4 is 5.91 Å². The molecule has 2 rings (SSSR count). The highest BCUT2D eigenvalue weighted by Gasteiger charge is 2.37. The van der Waals surface area contributed by atoms with E-state index in [-0.39, 0.29) is 5.91 Å². The summed E-state index contributed by atoms with van der Waals surface area (Å²) in [5.74, 6) is 0.242. The zero-order valence-corrected chi connectivity index (χ0v) is 10.6. The maximum atomic E-state index is 11.5. The number of carbonyl (C=O) groups excluding carboxylic acids is 1. The SMILES string of the molecule is CN(C)C(=O)CCN1CC2CCC(C1)N2C. The minimum atomic E-state index is 0.242. The number of rotatable bonds is 3. The van der Waals surface area contributed by atoms with Crippen LogP contribution in [0, 0.1) is 0 Å². The molecule has 0 aliphatic carbocycles. The fourth-order valence-corrected chi connectivity index (χ4v) is 2.86. The van der Waals surface area contributed by atoms with Crippen LogP contribution in [-0.4, -0.2) is 73.5 Å². The molecule has 4 heteroatoms. The predicted octanol–water partition coefficient (Wildman–Crippen LogP) is 0.243. The van der Waals surface area contributed by atoms with Crippen LogP contribution in [-0.2, 0) is 4.79 Å². The molecule has 4 nitrogen and oxygen atoms in total. The smallest absolute Gasteiger partial charge is 0.223 e. The van der Waals surface area contributed by atoms with Gasteiger partial charge in [-0.15, -0.1) is 0 Å². The van der Waals surface area contributed by atoms with Gasteiger partial charge in [0.15, 0.2) is 0 Å². The lowest BCUT2D eigenvalue weighted by atomic mass is 10.2. The molecule has 0 saturated carbocycles. The molecular formula is C12H23N3O. The lowest BCUT2D eigenvalue weighted by Crippen LogP contribution is -2.52. The van der Waals surface area contributed by atoms with E-state index in [1.807, 2.05) is 14.1 Å². The summed E-state index contributed by atoms with van der Waals surface area (Å²) < 4.78 is 0. The van der Waals surface area contributed by atoms with Gasteiger partial charge in [0.1, 0.15) is 0 Å². The molecule has 0 aromatic rings. The first-order chi connectivity index (χ1) is 7.58. The average Bonchev–Trinajstić information content (AvgIpc) is 2.51. The number of likely N-dealkylation sites (tertiary alicyclic amines) is 1. The Morgan fingerprint density at radius 1 is 1.25 bits per heavy atom. The molecule has 0 N–H and O–H groups in total. The van der Waals surface area contributed by atoms with Crippen molar-refractivity contribution in [1.82, 2.24) is 14.7 Å². The van der Waals surface area contributed by atoms with Crippen molar-refractivity contribution in [3.63, 3.8) is 0 Å². The molecule has 2 aliphatic heterocycles. The molecule has 16 heavy (non-hydrogen) atoms. The molecular weight excluding hydrogens is 202 g/mol. The van der Waals surface area contributed by atoms with E-state index >= 15 is 0 Å². The molecule has 2 unspecified atom stereocenters. The monoisotopic (exact) mass is 225 g/mol. The summed E-state index contributed by atoms with van der Waals surface area (Å²) in [6.07, 6.45) is 3.33. The quantitative estimate of drug-likeness (QED) is 0.688. The van der Waals surface area contributed by atoms with Crippen LogP contribution in [0.4, 0.5) is 0 Å². The van der Waals surface area contributed by atoms with Crippen molar-refractivity contribution in [2.24, 2.45) is 0 Å². The second-order valence-electron chi connectivity index (χ2n) is 5.35. The van der Waals surface area contributed by atoms with Gasteiger partial charge >= 0.3 is 0 Å². The lowest BCUT2D eigenvalue weighted by molar-refractivity contribution is -0.129. The molecule has 0 aromatic carbocycles. The maximum Gasteiger partial charge on any atom is 0.223 e. The van der Waals surface area contributed by atoms with Gasteiger partial charge in [-0.05, 0) is 19.9 Å². The number of likely N-dealkylation sites (N-methyl/N-ethyl adjacent to an activating group) is 1. The van der Waals surface area contributed by atoms with Gasteiger partial charge in [-0.1, -0.05) is 0 Å². The van der Waals surface area contributed by atoms with Crippen molar-refractivity contribution in [2.75, 3.05) is 40.8 Å². The second-order valence-corrected chi connectivity index (χ2v) is 5.35. The molecule has 2 saturated heterocycles. The lowest BCUT2D eigenvalue weighted by Gasteiger charge is -2.38. The highest BCUT2D eigenvalue weighted by atomic mass is 16.2. The highest BCUT2D eigenvalue weighted by Crippen LogP contribution is 2.28. The fraction of sp³-hybridized carbons (Fsp3) is 0.917. The summed E-state index contributed by atoms with van der Waals surface area (Å²) in [5.41, 5.74) is 0. The largest absolute Gasteiger partial charge is 0.349 e. The van der Waals surface area contributed by atoms with E-state index < -0.39 is 0 Å². The first kappa shape index (κ1) is 11.9. The molecule has 92 valence electrons. The average molecular weight is 225 g/mol. The van der Waals surface area contributed by atoms with Crippen molar-refractivity contribution in [1.29, 1.82) is 0 Å². The zero-order chi connectivity index (χ0) is 11.7. The van der Waals surface area contributed by atoms with Gasteiger partial charge in [0.25, 0.3) is 0 Å². The molecule has 0 aromatic heterocycles. The van der Waals surface area contributed by atoms with Gasteiger partial charge in [-0.3, -0.25) is 14.6 Å². The van der Waals surface area contributed by atoms with Crippen LogP contribution in [0.15, 0.2) is 0 Å². The van der Waals surface area contributed by atoms with Gasteiger partial charge in [0.05, 0.1) is 0 Å². The molecule has 2 heterocycles. The highest BCUT2D eigenvalue weighted by molar-refractivity contribution is 5.75. The Hall–Kier alpha value is -0.610. The number of fused-ring (bicyclic) bond motifs is 2. The molecule has 2 bridgehead atoms. The van der Waals surface area contributed by atoms with E-state index in [2.05, 4.69) is 16.8 Å².